The van der Waals surface area contributed by atoms with Crippen LogP contribution in [-0.4, -0.2) is 15.6 Å². The van der Waals surface area contributed by atoms with Crippen LogP contribution in [0.4, 0.5) is 4.39 Å². The Morgan fingerprint density at radius 2 is 1.73 bits per heavy atom. The topological polar surface area (TPSA) is 34.9 Å². The van der Waals surface area contributed by atoms with E-state index >= 15 is 0 Å². The zero-order chi connectivity index (χ0) is 15.7. The smallest absolute Gasteiger partial charge is 0.180 e. The zero-order valence-electron chi connectivity index (χ0n) is 11.8. The Bertz CT molecular complexity index is 823. The largest absolute Gasteiger partial charge is 0.293 e. The van der Waals surface area contributed by atoms with E-state index in [-0.39, 0.29) is 11.6 Å². The van der Waals surface area contributed by atoms with E-state index in [1.807, 2.05) is 12.1 Å². The monoisotopic (exact) mass is 314 g/mol. The highest BCUT2D eigenvalue weighted by molar-refractivity contribution is 6.30. The fourth-order valence-electron chi connectivity index (χ4n) is 2.20. The summed E-state index contributed by atoms with van der Waals surface area (Å²) in [5, 5.41) is 4.94. The van der Waals surface area contributed by atoms with Crippen LogP contribution >= 0.6 is 11.6 Å². The number of carbonyl (C=O) groups is 1. The van der Waals surface area contributed by atoms with Crippen molar-refractivity contribution in [1.82, 2.24) is 9.78 Å². The molecule has 0 spiro atoms. The Labute approximate surface area is 132 Å². The van der Waals surface area contributed by atoms with E-state index in [1.165, 1.54) is 19.1 Å². The van der Waals surface area contributed by atoms with Gasteiger partial charge in [0.2, 0.25) is 0 Å². The van der Waals surface area contributed by atoms with E-state index in [4.69, 9.17) is 11.6 Å². The number of hydrogen-bond donors (Lipinski definition) is 0. The quantitative estimate of drug-likeness (QED) is 0.665. The molecule has 0 atom stereocenters. The number of halogens is 2. The van der Waals surface area contributed by atoms with Gasteiger partial charge in [-0.25, -0.2) is 9.07 Å². The number of ketones is 1. The van der Waals surface area contributed by atoms with Crippen LogP contribution in [0.25, 0.3) is 16.8 Å². The van der Waals surface area contributed by atoms with Gasteiger partial charge >= 0.3 is 0 Å². The molecule has 0 unspecified atom stereocenters. The van der Waals surface area contributed by atoms with Gasteiger partial charge in [0.1, 0.15) is 11.5 Å². The molecule has 3 nitrogen and oxygen atoms in total. The van der Waals surface area contributed by atoms with Gasteiger partial charge in [-0.2, -0.15) is 5.10 Å². The van der Waals surface area contributed by atoms with Crippen LogP contribution in [-0.2, 0) is 0 Å². The molecule has 0 aliphatic rings. The van der Waals surface area contributed by atoms with Crippen LogP contribution in [0.5, 0.6) is 0 Å². The lowest BCUT2D eigenvalue weighted by molar-refractivity contribution is 0.101. The van der Waals surface area contributed by atoms with Crippen molar-refractivity contribution in [3.8, 4) is 16.8 Å². The first-order valence-corrected chi connectivity index (χ1v) is 7.05. The SMILES string of the molecule is CC(=O)c1nn(-c2ccc(F)cc2)cc1-c1ccc(Cl)cc1. The van der Waals surface area contributed by atoms with E-state index in [9.17, 15) is 9.18 Å². The van der Waals surface area contributed by atoms with Gasteiger partial charge in [-0.05, 0) is 42.0 Å². The average molecular weight is 315 g/mol. The summed E-state index contributed by atoms with van der Waals surface area (Å²) in [6.07, 6.45) is 1.76. The molecule has 0 radical (unpaired) electrons. The number of rotatable bonds is 3. The molecule has 0 N–H and O–H groups in total. The molecule has 0 amide bonds. The van der Waals surface area contributed by atoms with Crippen molar-refractivity contribution in [1.29, 1.82) is 0 Å². The Morgan fingerprint density at radius 3 is 2.32 bits per heavy atom. The molecule has 0 saturated carbocycles. The van der Waals surface area contributed by atoms with Gasteiger partial charge < -0.3 is 0 Å². The van der Waals surface area contributed by atoms with E-state index in [1.54, 1.807) is 35.1 Å². The molecule has 0 aliphatic carbocycles. The third kappa shape index (κ3) is 2.78. The second kappa shape index (κ2) is 5.73. The molecule has 2 aromatic carbocycles. The summed E-state index contributed by atoms with van der Waals surface area (Å²) in [7, 11) is 0. The number of aromatic nitrogens is 2. The summed E-state index contributed by atoms with van der Waals surface area (Å²) in [6.45, 7) is 1.47. The Hall–Kier alpha value is -2.46. The van der Waals surface area contributed by atoms with Gasteiger partial charge in [-0.15, -0.1) is 0 Å². The first-order valence-electron chi connectivity index (χ1n) is 6.67. The van der Waals surface area contributed by atoms with Crippen LogP contribution in [0.2, 0.25) is 5.02 Å². The van der Waals surface area contributed by atoms with Crippen LogP contribution in [0.1, 0.15) is 17.4 Å². The highest BCUT2D eigenvalue weighted by Gasteiger charge is 2.15. The fourth-order valence-corrected chi connectivity index (χ4v) is 2.33. The molecular formula is C17H12ClFN2O. The molecule has 22 heavy (non-hydrogen) atoms. The zero-order valence-corrected chi connectivity index (χ0v) is 12.5. The van der Waals surface area contributed by atoms with Crippen LogP contribution in [0, 0.1) is 5.82 Å². The van der Waals surface area contributed by atoms with Crippen molar-refractivity contribution < 1.29 is 9.18 Å². The Kier molecular flexibility index (Phi) is 3.77. The summed E-state index contributed by atoms with van der Waals surface area (Å²) < 4.78 is 14.6. The lowest BCUT2D eigenvalue weighted by Gasteiger charge is -2.00. The predicted molar refractivity (Wildman–Crippen MR) is 84.0 cm³/mol. The molecule has 0 bridgehead atoms. The molecule has 0 aliphatic heterocycles. The fraction of sp³-hybridized carbons (Fsp3) is 0.0588. The molecule has 3 rings (SSSR count). The van der Waals surface area contributed by atoms with Crippen LogP contribution < -0.4 is 0 Å². The molecule has 1 aromatic heterocycles. The van der Waals surface area contributed by atoms with Gasteiger partial charge in [-0.1, -0.05) is 23.7 Å². The Balaban J connectivity index is 2.11. The van der Waals surface area contributed by atoms with E-state index in [0.29, 0.717) is 22.0 Å². The maximum absolute atomic E-state index is 13.0. The van der Waals surface area contributed by atoms with Gasteiger partial charge in [-0.3, -0.25) is 4.79 Å². The van der Waals surface area contributed by atoms with E-state index in [0.717, 1.165) is 5.56 Å². The molecule has 3 aromatic rings. The van der Waals surface area contributed by atoms with Gasteiger partial charge in [0.25, 0.3) is 0 Å². The highest BCUT2D eigenvalue weighted by Crippen LogP contribution is 2.26. The number of benzene rings is 2. The number of carbonyl (C=O) groups excluding carboxylic acids is 1. The molecule has 110 valence electrons. The summed E-state index contributed by atoms with van der Waals surface area (Å²) in [6, 6.07) is 13.1. The standard InChI is InChI=1S/C17H12ClFN2O/c1-11(22)17-16(12-2-4-13(18)5-3-12)10-21(20-17)15-8-6-14(19)7-9-15/h2-10H,1H3. The summed E-state index contributed by atoms with van der Waals surface area (Å²) in [5.41, 5.74) is 2.62. The first kappa shape index (κ1) is 14.5. The van der Waals surface area contributed by atoms with Crippen LogP contribution in [0.3, 0.4) is 0 Å². The normalized spacial score (nSPS) is 10.7. The summed E-state index contributed by atoms with van der Waals surface area (Å²) in [4.78, 5) is 11.8. The van der Waals surface area contributed by atoms with E-state index in [2.05, 4.69) is 5.10 Å². The molecule has 1 heterocycles. The van der Waals surface area contributed by atoms with Crippen molar-refractivity contribution in [2.24, 2.45) is 0 Å². The number of hydrogen-bond acceptors (Lipinski definition) is 2. The first-order chi connectivity index (χ1) is 10.5. The number of nitrogens with zero attached hydrogens (tertiary/aromatic N) is 2. The maximum atomic E-state index is 13.0. The highest BCUT2D eigenvalue weighted by atomic mass is 35.5. The van der Waals surface area contributed by atoms with Crippen molar-refractivity contribution in [2.75, 3.05) is 0 Å². The minimum absolute atomic E-state index is 0.134. The van der Waals surface area contributed by atoms with Gasteiger partial charge in [0.05, 0.1) is 5.69 Å². The van der Waals surface area contributed by atoms with Crippen molar-refractivity contribution >= 4 is 17.4 Å². The summed E-state index contributed by atoms with van der Waals surface area (Å²) >= 11 is 5.89. The van der Waals surface area contributed by atoms with Gasteiger partial charge in [0.15, 0.2) is 5.78 Å². The average Bonchev–Trinajstić information content (AvgIpc) is 2.94. The van der Waals surface area contributed by atoms with Gasteiger partial charge in [0, 0.05) is 23.7 Å². The molecule has 0 fully saturated rings. The summed E-state index contributed by atoms with van der Waals surface area (Å²) in [5.74, 6) is -0.452. The predicted octanol–water partition coefficient (Wildman–Crippen LogP) is 4.53. The molecule has 5 heteroatoms. The molecule has 0 saturated heterocycles. The van der Waals surface area contributed by atoms with Crippen molar-refractivity contribution in [3.05, 3.63) is 71.3 Å². The minimum atomic E-state index is -0.319. The molecular weight excluding hydrogens is 303 g/mol. The second-order valence-corrected chi connectivity index (χ2v) is 5.31. The number of Topliss-reactive ketones (excluding diaryl/α,β-unsaturated/α-hetero) is 1. The Morgan fingerprint density at radius 1 is 1.09 bits per heavy atom. The lowest BCUT2D eigenvalue weighted by atomic mass is 10.1. The minimum Gasteiger partial charge on any atom is -0.293 e. The third-order valence-corrected chi connectivity index (χ3v) is 3.55. The van der Waals surface area contributed by atoms with E-state index < -0.39 is 0 Å². The lowest BCUT2D eigenvalue weighted by Crippen LogP contribution is -1.99. The maximum Gasteiger partial charge on any atom is 0.180 e. The van der Waals surface area contributed by atoms with Crippen molar-refractivity contribution in [2.45, 2.75) is 6.92 Å². The van der Waals surface area contributed by atoms with Crippen molar-refractivity contribution in [3.63, 3.8) is 0 Å². The third-order valence-electron chi connectivity index (χ3n) is 3.29. The second-order valence-electron chi connectivity index (χ2n) is 4.88. The van der Waals surface area contributed by atoms with Crippen LogP contribution in [0.15, 0.2) is 54.7 Å².